The lowest BCUT2D eigenvalue weighted by Crippen LogP contribution is -2.30. The highest BCUT2D eigenvalue weighted by atomic mass is 16.5. The van der Waals surface area contributed by atoms with Crippen molar-refractivity contribution < 1.29 is 9.84 Å². The fraction of sp³-hybridized carbons (Fsp3) is 0.333. The van der Waals surface area contributed by atoms with Gasteiger partial charge in [-0.15, -0.1) is 0 Å². The number of hydrogen-bond donors (Lipinski definition) is 1. The van der Waals surface area contributed by atoms with Gasteiger partial charge in [-0.25, -0.2) is 0 Å². The quantitative estimate of drug-likeness (QED) is 0.769. The van der Waals surface area contributed by atoms with Crippen molar-refractivity contribution in [3.8, 4) is 11.5 Å². The zero-order valence-corrected chi connectivity index (χ0v) is 13.5. The third-order valence-electron chi connectivity index (χ3n) is 4.90. The second-order valence-electron chi connectivity index (χ2n) is 6.31. The van der Waals surface area contributed by atoms with Crippen LogP contribution in [0.15, 0.2) is 61.2 Å². The molecule has 0 bridgehead atoms. The van der Waals surface area contributed by atoms with Gasteiger partial charge in [0.1, 0.15) is 18.1 Å². The molecule has 2 aromatic rings. The van der Waals surface area contributed by atoms with E-state index in [2.05, 4.69) is 43.0 Å². The molecule has 0 aromatic heterocycles. The fourth-order valence-corrected chi connectivity index (χ4v) is 3.71. The summed E-state index contributed by atoms with van der Waals surface area (Å²) in [6.07, 6.45) is 7.87. The van der Waals surface area contributed by atoms with Crippen LogP contribution in [0.3, 0.4) is 0 Å². The maximum atomic E-state index is 9.60. The molecule has 1 aliphatic carbocycles. The van der Waals surface area contributed by atoms with Crippen molar-refractivity contribution in [3.05, 3.63) is 72.3 Å². The summed E-state index contributed by atoms with van der Waals surface area (Å²) in [6, 6.07) is 16.2. The van der Waals surface area contributed by atoms with E-state index in [1.165, 1.54) is 30.4 Å². The monoisotopic (exact) mass is 308 g/mol. The molecule has 0 saturated heterocycles. The van der Waals surface area contributed by atoms with Gasteiger partial charge in [-0.05, 0) is 48.2 Å². The molecule has 0 atom stereocenters. The number of phenols is 1. The number of rotatable bonds is 5. The molecule has 1 fully saturated rings. The minimum Gasteiger partial charge on any atom is -0.508 e. The van der Waals surface area contributed by atoms with Crippen molar-refractivity contribution >= 4 is 0 Å². The molecule has 23 heavy (non-hydrogen) atoms. The molecule has 1 N–H and O–H groups in total. The largest absolute Gasteiger partial charge is 0.508 e. The van der Waals surface area contributed by atoms with Crippen molar-refractivity contribution in [1.82, 2.24) is 0 Å². The Kier molecular flexibility index (Phi) is 4.71. The van der Waals surface area contributed by atoms with Crippen LogP contribution in [-0.2, 0) is 5.41 Å². The lowest BCUT2D eigenvalue weighted by atomic mass is 9.65. The van der Waals surface area contributed by atoms with Crippen molar-refractivity contribution in [2.45, 2.75) is 37.5 Å². The van der Waals surface area contributed by atoms with Crippen LogP contribution in [0.4, 0.5) is 0 Å². The van der Waals surface area contributed by atoms with E-state index in [1.54, 1.807) is 18.2 Å². The molecule has 2 aromatic carbocycles. The van der Waals surface area contributed by atoms with Crippen molar-refractivity contribution in [2.24, 2.45) is 0 Å². The number of phenolic OH excluding ortho intramolecular Hbond substituents is 1. The highest BCUT2D eigenvalue weighted by molar-refractivity contribution is 5.43. The van der Waals surface area contributed by atoms with E-state index in [0.717, 1.165) is 18.6 Å². The van der Waals surface area contributed by atoms with Gasteiger partial charge >= 0.3 is 0 Å². The Morgan fingerprint density at radius 3 is 2.04 bits per heavy atom. The molecular formula is C21H24O2. The first-order valence-corrected chi connectivity index (χ1v) is 8.38. The van der Waals surface area contributed by atoms with Crippen LogP contribution in [0.5, 0.6) is 11.5 Å². The maximum absolute atomic E-state index is 9.60. The maximum Gasteiger partial charge on any atom is 0.119 e. The molecule has 120 valence electrons. The van der Waals surface area contributed by atoms with E-state index in [9.17, 15) is 5.11 Å². The number of ether oxygens (including phenoxy) is 1. The molecule has 0 amide bonds. The Morgan fingerprint density at radius 1 is 0.913 bits per heavy atom. The first-order valence-electron chi connectivity index (χ1n) is 8.38. The molecule has 0 unspecified atom stereocenters. The highest BCUT2D eigenvalue weighted by Gasteiger charge is 2.35. The van der Waals surface area contributed by atoms with Crippen molar-refractivity contribution in [1.29, 1.82) is 0 Å². The Hall–Kier alpha value is -2.22. The van der Waals surface area contributed by atoms with E-state index in [1.807, 2.05) is 0 Å². The Labute approximate surface area is 138 Å². The molecule has 0 radical (unpaired) electrons. The number of benzene rings is 2. The summed E-state index contributed by atoms with van der Waals surface area (Å²) >= 11 is 0. The van der Waals surface area contributed by atoms with Gasteiger partial charge in [-0.1, -0.05) is 56.2 Å². The first kappa shape index (κ1) is 15.7. The minimum absolute atomic E-state index is 0.0584. The molecule has 1 saturated carbocycles. The lowest BCUT2D eigenvalue weighted by molar-refractivity contribution is 0.343. The molecule has 1 aliphatic rings. The summed E-state index contributed by atoms with van der Waals surface area (Å²) in [4.78, 5) is 0. The highest BCUT2D eigenvalue weighted by Crippen LogP contribution is 2.45. The fourth-order valence-electron chi connectivity index (χ4n) is 3.71. The molecule has 0 heterocycles. The summed E-state index contributed by atoms with van der Waals surface area (Å²) in [7, 11) is 0. The summed E-state index contributed by atoms with van der Waals surface area (Å²) in [5.74, 6) is 1.21. The lowest BCUT2D eigenvalue weighted by Gasteiger charge is -2.38. The van der Waals surface area contributed by atoms with Crippen LogP contribution in [0.1, 0.15) is 43.2 Å². The number of aromatic hydroxyl groups is 1. The predicted molar refractivity (Wildman–Crippen MR) is 94.1 cm³/mol. The van der Waals surface area contributed by atoms with Crippen LogP contribution in [0.25, 0.3) is 0 Å². The molecule has 3 rings (SSSR count). The molecule has 0 aliphatic heterocycles. The Bertz CT molecular complexity index is 635. The topological polar surface area (TPSA) is 29.5 Å². The summed E-state index contributed by atoms with van der Waals surface area (Å²) < 4.78 is 5.60. The van der Waals surface area contributed by atoms with Gasteiger partial charge in [0.15, 0.2) is 0 Å². The zero-order chi connectivity index (χ0) is 16.1. The van der Waals surface area contributed by atoms with Crippen LogP contribution in [0.2, 0.25) is 0 Å². The van der Waals surface area contributed by atoms with Gasteiger partial charge < -0.3 is 9.84 Å². The van der Waals surface area contributed by atoms with Crippen LogP contribution < -0.4 is 4.74 Å². The molecule has 2 heteroatoms. The van der Waals surface area contributed by atoms with Crippen LogP contribution in [0, 0.1) is 0 Å². The SMILES string of the molecule is C=CCOc1ccc(C2(c3ccc(O)cc3)CCCCC2)cc1. The molecular weight excluding hydrogens is 284 g/mol. The van der Waals surface area contributed by atoms with E-state index in [0.29, 0.717) is 12.4 Å². The second kappa shape index (κ2) is 6.91. The van der Waals surface area contributed by atoms with Gasteiger partial charge in [-0.3, -0.25) is 0 Å². The smallest absolute Gasteiger partial charge is 0.119 e. The van der Waals surface area contributed by atoms with Crippen molar-refractivity contribution in [2.75, 3.05) is 6.61 Å². The van der Waals surface area contributed by atoms with Gasteiger partial charge in [0.2, 0.25) is 0 Å². The summed E-state index contributed by atoms with van der Waals surface area (Å²) in [6.45, 7) is 4.21. The van der Waals surface area contributed by atoms with Gasteiger partial charge in [-0.2, -0.15) is 0 Å². The predicted octanol–water partition coefficient (Wildman–Crippen LogP) is 5.21. The van der Waals surface area contributed by atoms with E-state index >= 15 is 0 Å². The van der Waals surface area contributed by atoms with Gasteiger partial charge in [0, 0.05) is 5.41 Å². The average Bonchev–Trinajstić information content (AvgIpc) is 2.61. The minimum atomic E-state index is 0.0584. The van der Waals surface area contributed by atoms with E-state index in [4.69, 9.17) is 4.74 Å². The standard InChI is InChI=1S/C21H24O2/c1-2-16-23-20-12-8-18(9-13-20)21(14-4-3-5-15-21)17-6-10-19(22)11-7-17/h2,6-13,22H,1,3-5,14-16H2. The zero-order valence-electron chi connectivity index (χ0n) is 13.5. The first-order chi connectivity index (χ1) is 11.2. The Morgan fingerprint density at radius 2 is 1.48 bits per heavy atom. The van der Waals surface area contributed by atoms with Crippen molar-refractivity contribution in [3.63, 3.8) is 0 Å². The Balaban J connectivity index is 1.95. The third-order valence-corrected chi connectivity index (χ3v) is 4.90. The van der Waals surface area contributed by atoms with Crippen LogP contribution >= 0.6 is 0 Å². The number of hydrogen-bond acceptors (Lipinski definition) is 2. The summed E-state index contributed by atoms with van der Waals surface area (Å²) in [5, 5.41) is 9.60. The third kappa shape index (κ3) is 3.26. The van der Waals surface area contributed by atoms with Gasteiger partial charge in [0.25, 0.3) is 0 Å². The average molecular weight is 308 g/mol. The van der Waals surface area contributed by atoms with E-state index < -0.39 is 0 Å². The molecule has 0 spiro atoms. The van der Waals surface area contributed by atoms with Gasteiger partial charge in [0.05, 0.1) is 0 Å². The second-order valence-corrected chi connectivity index (χ2v) is 6.31. The molecule has 2 nitrogen and oxygen atoms in total. The summed E-state index contributed by atoms with van der Waals surface area (Å²) in [5.41, 5.74) is 2.70. The van der Waals surface area contributed by atoms with Crippen LogP contribution in [-0.4, -0.2) is 11.7 Å². The normalized spacial score (nSPS) is 16.7. The van der Waals surface area contributed by atoms with E-state index in [-0.39, 0.29) is 5.41 Å².